The molecule has 0 bridgehead atoms. The Bertz CT molecular complexity index is 1410. The molecule has 31 heavy (non-hydrogen) atoms. The molecule has 2 heterocycles. The number of anilines is 2. The number of ether oxygens (including phenoxy) is 2. The van der Waals surface area contributed by atoms with Gasteiger partial charge < -0.3 is 20.1 Å². The molecule has 2 aliphatic heterocycles. The van der Waals surface area contributed by atoms with Crippen LogP contribution in [-0.2, 0) is 10.3 Å². The summed E-state index contributed by atoms with van der Waals surface area (Å²) >= 11 is 0. The highest BCUT2D eigenvalue weighted by Crippen LogP contribution is 2.58. The van der Waals surface area contributed by atoms with Crippen molar-refractivity contribution in [2.75, 3.05) is 24.7 Å². The first-order valence-corrected chi connectivity index (χ1v) is 10.1. The van der Waals surface area contributed by atoms with E-state index in [2.05, 4.69) is 0 Å². The van der Waals surface area contributed by atoms with Crippen molar-refractivity contribution in [3.05, 3.63) is 95.1 Å². The predicted molar refractivity (Wildman–Crippen MR) is 121 cm³/mol. The normalized spacial score (nSPS) is 18.2. The maximum absolute atomic E-state index is 13.0. The number of benzene rings is 4. The van der Waals surface area contributed by atoms with Crippen molar-refractivity contribution in [2.45, 2.75) is 5.60 Å². The molecule has 5 nitrogen and oxygen atoms in total. The van der Waals surface area contributed by atoms with Crippen LogP contribution in [0.4, 0.5) is 11.4 Å². The third-order valence-electron chi connectivity index (χ3n) is 6.25. The molecule has 1 atom stereocenters. The van der Waals surface area contributed by atoms with Crippen LogP contribution in [0.15, 0.2) is 72.8 Å². The van der Waals surface area contributed by atoms with Crippen LogP contribution in [0.2, 0.25) is 0 Å². The summed E-state index contributed by atoms with van der Waals surface area (Å²) < 4.78 is 12.7. The Balaban J connectivity index is 1.76. The number of carbonyl (C=O) groups excluding carboxylic acids is 1. The Hall–Kier alpha value is -3.99. The van der Waals surface area contributed by atoms with E-state index in [9.17, 15) is 4.79 Å². The molecule has 4 aromatic rings. The molecule has 0 amide bonds. The Morgan fingerprint density at radius 3 is 2.52 bits per heavy atom. The Morgan fingerprint density at radius 2 is 1.68 bits per heavy atom. The average molecular weight is 408 g/mol. The summed E-state index contributed by atoms with van der Waals surface area (Å²) in [6.07, 6.45) is 0. The van der Waals surface area contributed by atoms with Crippen molar-refractivity contribution < 1.29 is 14.3 Å². The largest absolute Gasteiger partial charge is 0.456 e. The lowest BCUT2D eigenvalue weighted by atomic mass is 9.77. The number of fused-ring (bicyclic) bond motifs is 8. The zero-order valence-corrected chi connectivity index (χ0v) is 17.2. The second-order valence-electron chi connectivity index (χ2n) is 8.18. The van der Waals surface area contributed by atoms with Crippen molar-refractivity contribution in [3.63, 3.8) is 0 Å². The SMILES string of the molecule is CN(C)c1ccc2c(c1)Oc1c(ccc3cccc(N)c13)C21OC(=O)c2ccccc21. The van der Waals surface area contributed by atoms with E-state index in [1.807, 2.05) is 91.8 Å². The standard InChI is InChI=1S/C26H20N2O3/c1-28(2)16-11-13-19-22(14-16)30-24-20(12-10-15-6-5-9-21(27)23(15)24)26(19)18-8-4-3-7-17(18)25(29)31-26/h3-14H,27H2,1-2H3. The van der Waals surface area contributed by atoms with Gasteiger partial charge >= 0.3 is 5.97 Å². The smallest absolute Gasteiger partial charge is 0.340 e. The Morgan fingerprint density at radius 1 is 0.871 bits per heavy atom. The molecule has 0 radical (unpaired) electrons. The highest BCUT2D eigenvalue weighted by atomic mass is 16.6. The van der Waals surface area contributed by atoms with Crippen molar-refractivity contribution in [1.29, 1.82) is 0 Å². The summed E-state index contributed by atoms with van der Waals surface area (Å²) in [7, 11) is 3.96. The fraction of sp³-hybridized carbons (Fsp3) is 0.115. The summed E-state index contributed by atoms with van der Waals surface area (Å²) in [6.45, 7) is 0. The summed E-state index contributed by atoms with van der Waals surface area (Å²) in [4.78, 5) is 15.0. The lowest BCUT2D eigenvalue weighted by molar-refractivity contribution is 0.0225. The Labute approximate surface area is 179 Å². The molecule has 2 aliphatic rings. The van der Waals surface area contributed by atoms with E-state index in [1.54, 1.807) is 0 Å². The van der Waals surface area contributed by atoms with Gasteiger partial charge in [-0.2, -0.15) is 0 Å². The van der Waals surface area contributed by atoms with E-state index < -0.39 is 5.60 Å². The van der Waals surface area contributed by atoms with Crippen molar-refractivity contribution in [3.8, 4) is 11.5 Å². The number of nitrogens with two attached hydrogens (primary N) is 1. The average Bonchev–Trinajstić information content (AvgIpc) is 3.06. The Kier molecular flexibility index (Phi) is 3.46. The molecular weight excluding hydrogens is 388 g/mol. The second-order valence-corrected chi connectivity index (χ2v) is 8.18. The maximum atomic E-state index is 13.0. The molecule has 1 spiro atoms. The van der Waals surface area contributed by atoms with E-state index in [-0.39, 0.29) is 5.97 Å². The van der Waals surface area contributed by atoms with E-state index in [0.29, 0.717) is 22.7 Å². The van der Waals surface area contributed by atoms with Crippen LogP contribution >= 0.6 is 0 Å². The zero-order valence-electron chi connectivity index (χ0n) is 17.2. The van der Waals surface area contributed by atoms with Gasteiger partial charge in [-0.25, -0.2) is 4.79 Å². The van der Waals surface area contributed by atoms with E-state index >= 15 is 0 Å². The van der Waals surface area contributed by atoms with Crippen molar-refractivity contribution >= 4 is 28.1 Å². The summed E-state index contributed by atoms with van der Waals surface area (Å²) in [5, 5.41) is 1.79. The van der Waals surface area contributed by atoms with Gasteiger partial charge in [0.15, 0.2) is 5.60 Å². The molecule has 0 aromatic heterocycles. The third-order valence-corrected chi connectivity index (χ3v) is 6.25. The number of rotatable bonds is 1. The minimum Gasteiger partial charge on any atom is -0.456 e. The van der Waals surface area contributed by atoms with Gasteiger partial charge in [0.1, 0.15) is 11.5 Å². The fourth-order valence-corrected chi connectivity index (χ4v) is 4.79. The topological polar surface area (TPSA) is 64.8 Å². The molecule has 0 saturated heterocycles. The third kappa shape index (κ3) is 2.23. The highest BCUT2D eigenvalue weighted by Gasteiger charge is 2.53. The van der Waals surface area contributed by atoms with Crippen LogP contribution in [0.5, 0.6) is 11.5 Å². The number of carbonyl (C=O) groups is 1. The van der Waals surface area contributed by atoms with Gasteiger partial charge in [0.25, 0.3) is 0 Å². The summed E-state index contributed by atoms with van der Waals surface area (Å²) in [5.41, 5.74) is 9.88. The maximum Gasteiger partial charge on any atom is 0.340 e. The van der Waals surface area contributed by atoms with Crippen LogP contribution in [0, 0.1) is 0 Å². The van der Waals surface area contributed by atoms with Gasteiger partial charge in [-0.15, -0.1) is 0 Å². The number of hydrogen-bond acceptors (Lipinski definition) is 5. The number of hydrogen-bond donors (Lipinski definition) is 1. The van der Waals surface area contributed by atoms with E-state index in [1.165, 1.54) is 0 Å². The van der Waals surface area contributed by atoms with Crippen molar-refractivity contribution in [2.24, 2.45) is 0 Å². The number of nitrogen functional groups attached to an aromatic ring is 1. The summed E-state index contributed by atoms with van der Waals surface area (Å²) in [5.74, 6) is 0.940. The molecule has 1 unspecified atom stereocenters. The van der Waals surface area contributed by atoms with Crippen molar-refractivity contribution in [1.82, 2.24) is 0 Å². The fourth-order valence-electron chi connectivity index (χ4n) is 4.79. The molecule has 6 rings (SSSR count). The first kappa shape index (κ1) is 17.8. The minimum absolute atomic E-state index is 0.341. The highest BCUT2D eigenvalue weighted by molar-refractivity contribution is 6.02. The summed E-state index contributed by atoms with van der Waals surface area (Å²) in [6, 6.07) is 23.3. The van der Waals surface area contributed by atoms with Gasteiger partial charge in [0.05, 0.1) is 5.56 Å². The van der Waals surface area contributed by atoms with Crippen LogP contribution in [0.3, 0.4) is 0 Å². The molecule has 0 saturated carbocycles. The van der Waals surface area contributed by atoms with Crippen LogP contribution in [0.1, 0.15) is 27.0 Å². The monoisotopic (exact) mass is 408 g/mol. The van der Waals surface area contributed by atoms with Gasteiger partial charge in [0.2, 0.25) is 0 Å². The lowest BCUT2D eigenvalue weighted by Gasteiger charge is -2.37. The number of esters is 1. The van der Waals surface area contributed by atoms with Crippen LogP contribution in [0.25, 0.3) is 10.8 Å². The van der Waals surface area contributed by atoms with Crippen LogP contribution < -0.4 is 15.4 Å². The van der Waals surface area contributed by atoms with Crippen LogP contribution in [-0.4, -0.2) is 20.1 Å². The molecule has 4 aromatic carbocycles. The zero-order chi connectivity index (χ0) is 21.3. The van der Waals surface area contributed by atoms with Gasteiger partial charge in [-0.05, 0) is 35.7 Å². The first-order valence-electron chi connectivity index (χ1n) is 10.1. The van der Waals surface area contributed by atoms with Gasteiger partial charge in [0, 0.05) is 53.6 Å². The minimum atomic E-state index is -1.09. The van der Waals surface area contributed by atoms with Gasteiger partial charge in [-0.3, -0.25) is 0 Å². The predicted octanol–water partition coefficient (Wildman–Crippen LogP) is 5.06. The van der Waals surface area contributed by atoms with E-state index in [4.69, 9.17) is 15.2 Å². The quantitative estimate of drug-likeness (QED) is 0.352. The molecule has 5 heteroatoms. The lowest BCUT2D eigenvalue weighted by Crippen LogP contribution is -2.33. The molecular formula is C26H20N2O3. The number of nitrogens with zero attached hydrogens (tertiary/aromatic N) is 1. The molecule has 152 valence electrons. The molecule has 0 aliphatic carbocycles. The molecule has 0 fully saturated rings. The second kappa shape index (κ2) is 6.01. The molecule has 2 N–H and O–H groups in total. The first-order chi connectivity index (χ1) is 15.0. The van der Waals surface area contributed by atoms with E-state index in [0.717, 1.165) is 33.2 Å². The van der Waals surface area contributed by atoms with Gasteiger partial charge in [-0.1, -0.05) is 36.4 Å².